The quantitative estimate of drug-likeness (QED) is 0.770. The average molecular weight is 347 g/mol. The Balaban J connectivity index is 2.14. The van der Waals surface area contributed by atoms with Crippen LogP contribution in [-0.4, -0.2) is 41.5 Å². The van der Waals surface area contributed by atoms with E-state index in [4.69, 9.17) is 9.84 Å². The lowest BCUT2D eigenvalue weighted by molar-refractivity contribution is 0.142. The largest absolute Gasteiger partial charge is 0.496 e. The van der Waals surface area contributed by atoms with E-state index >= 15 is 0 Å². The predicted octanol–water partition coefficient (Wildman–Crippen LogP) is 3.09. The zero-order chi connectivity index (χ0) is 18.2. The highest BCUT2D eigenvalue weighted by Gasteiger charge is 2.16. The van der Waals surface area contributed by atoms with Gasteiger partial charge in [0.1, 0.15) is 11.6 Å². The molecule has 0 saturated heterocycles. The summed E-state index contributed by atoms with van der Waals surface area (Å²) in [6.45, 7) is 0.317. The van der Waals surface area contributed by atoms with E-state index in [1.807, 2.05) is 12.1 Å². The molecule has 0 aliphatic rings. The van der Waals surface area contributed by atoms with E-state index in [0.29, 0.717) is 23.3 Å². The summed E-state index contributed by atoms with van der Waals surface area (Å²) in [5, 5.41) is 18.5. The number of halogens is 1. The molecule has 0 unspecified atom stereocenters. The van der Waals surface area contributed by atoms with Crippen LogP contribution in [0.25, 0.3) is 0 Å². The Morgan fingerprint density at radius 3 is 2.56 bits per heavy atom. The van der Waals surface area contributed by atoms with Gasteiger partial charge in [-0.25, -0.2) is 9.18 Å². The molecule has 1 amide bonds. The van der Waals surface area contributed by atoms with E-state index in [9.17, 15) is 14.3 Å². The van der Waals surface area contributed by atoms with E-state index in [2.05, 4.69) is 0 Å². The van der Waals surface area contributed by atoms with Crippen LogP contribution in [-0.2, 0) is 19.4 Å². The zero-order valence-corrected chi connectivity index (χ0v) is 14.1. The molecule has 0 aliphatic heterocycles. The van der Waals surface area contributed by atoms with Crippen molar-refractivity contribution >= 4 is 6.09 Å². The third kappa shape index (κ3) is 5.19. The van der Waals surface area contributed by atoms with Crippen LogP contribution >= 0.6 is 0 Å². The van der Waals surface area contributed by atoms with Crippen LogP contribution in [0.1, 0.15) is 16.7 Å². The third-order valence-corrected chi connectivity index (χ3v) is 3.99. The number of rotatable bonds is 8. The third-order valence-electron chi connectivity index (χ3n) is 3.99. The highest BCUT2D eigenvalue weighted by Crippen LogP contribution is 2.22. The molecule has 0 atom stereocenters. The van der Waals surface area contributed by atoms with Crippen LogP contribution in [0.3, 0.4) is 0 Å². The highest BCUT2D eigenvalue weighted by atomic mass is 19.1. The van der Waals surface area contributed by atoms with Gasteiger partial charge in [-0.1, -0.05) is 30.3 Å². The number of hydrogen-bond donors (Lipinski definition) is 2. The second-order valence-corrected chi connectivity index (χ2v) is 5.67. The van der Waals surface area contributed by atoms with E-state index < -0.39 is 6.09 Å². The molecular weight excluding hydrogens is 325 g/mol. The first-order valence-corrected chi connectivity index (χ1v) is 8.03. The molecule has 0 aromatic heterocycles. The number of methoxy groups -OCH3 is 1. The molecule has 0 fully saturated rings. The fourth-order valence-corrected chi connectivity index (χ4v) is 2.64. The summed E-state index contributed by atoms with van der Waals surface area (Å²) in [6.07, 6.45) is -0.303. The molecule has 0 aliphatic carbocycles. The van der Waals surface area contributed by atoms with Gasteiger partial charge < -0.3 is 19.8 Å². The summed E-state index contributed by atoms with van der Waals surface area (Å²) in [7, 11) is 1.52. The molecule has 0 radical (unpaired) electrons. The van der Waals surface area contributed by atoms with Crippen molar-refractivity contribution < 1.29 is 24.1 Å². The first kappa shape index (κ1) is 18.7. The van der Waals surface area contributed by atoms with Gasteiger partial charge in [0.25, 0.3) is 0 Å². The van der Waals surface area contributed by atoms with E-state index in [1.54, 1.807) is 24.3 Å². The van der Waals surface area contributed by atoms with Gasteiger partial charge in [-0.15, -0.1) is 0 Å². The van der Waals surface area contributed by atoms with Crippen LogP contribution in [0, 0.1) is 5.82 Å². The smallest absolute Gasteiger partial charge is 0.407 e. The van der Waals surface area contributed by atoms with Gasteiger partial charge >= 0.3 is 6.09 Å². The molecule has 2 aromatic carbocycles. The standard InChI is InChI=1S/C19H22FNO4/c1-25-18-7-6-14(9-11-22)12-16(18)13-21(19(23)24)10-8-15-4-2-3-5-17(15)20/h2-7,12,22H,8-11,13H2,1H3,(H,23,24). The number of carboxylic acid groups (broad SMARTS) is 1. The lowest BCUT2D eigenvalue weighted by Crippen LogP contribution is -2.31. The van der Waals surface area contributed by atoms with Crippen LogP contribution < -0.4 is 4.74 Å². The second kappa shape index (κ2) is 9.03. The maximum atomic E-state index is 13.7. The molecule has 5 nitrogen and oxygen atoms in total. The van der Waals surface area contributed by atoms with E-state index in [1.165, 1.54) is 18.1 Å². The molecule has 2 aromatic rings. The maximum Gasteiger partial charge on any atom is 0.407 e. The molecule has 2 N–H and O–H groups in total. The fourth-order valence-electron chi connectivity index (χ4n) is 2.64. The molecule has 0 saturated carbocycles. The van der Waals surface area contributed by atoms with Gasteiger partial charge in [-0.05, 0) is 36.1 Å². The van der Waals surface area contributed by atoms with Gasteiger partial charge in [-0.3, -0.25) is 0 Å². The van der Waals surface area contributed by atoms with Crippen LogP contribution in [0.15, 0.2) is 42.5 Å². The van der Waals surface area contributed by atoms with Gasteiger partial charge in [0.15, 0.2) is 0 Å². The minimum Gasteiger partial charge on any atom is -0.496 e. The number of ether oxygens (including phenoxy) is 1. The van der Waals surface area contributed by atoms with Crippen molar-refractivity contribution in [2.75, 3.05) is 20.3 Å². The minimum atomic E-state index is -1.08. The minimum absolute atomic E-state index is 0.0156. The molecule has 2 rings (SSSR count). The first-order chi connectivity index (χ1) is 12.0. The van der Waals surface area contributed by atoms with Crippen molar-refractivity contribution in [1.29, 1.82) is 0 Å². The normalized spacial score (nSPS) is 10.5. The van der Waals surface area contributed by atoms with Gasteiger partial charge in [0.2, 0.25) is 0 Å². The number of carbonyl (C=O) groups is 1. The van der Waals surface area contributed by atoms with E-state index in [-0.39, 0.29) is 31.9 Å². The molecule has 134 valence electrons. The average Bonchev–Trinajstić information content (AvgIpc) is 2.60. The highest BCUT2D eigenvalue weighted by molar-refractivity contribution is 5.65. The molecule has 0 heterocycles. The number of aliphatic hydroxyl groups is 1. The van der Waals surface area contributed by atoms with Crippen LogP contribution in [0.4, 0.5) is 9.18 Å². The Morgan fingerprint density at radius 1 is 1.16 bits per heavy atom. The number of amides is 1. The fraction of sp³-hybridized carbons (Fsp3) is 0.316. The SMILES string of the molecule is COc1ccc(CCO)cc1CN(CCc1ccccc1F)C(=O)O. The number of nitrogens with zero attached hydrogens (tertiary/aromatic N) is 1. The van der Waals surface area contributed by atoms with Crippen molar-refractivity contribution in [2.45, 2.75) is 19.4 Å². The molecule has 6 heteroatoms. The molecule has 25 heavy (non-hydrogen) atoms. The van der Waals surface area contributed by atoms with Crippen molar-refractivity contribution in [3.8, 4) is 5.75 Å². The number of benzene rings is 2. The molecular formula is C19H22FNO4. The summed E-state index contributed by atoms with van der Waals surface area (Å²) in [5.74, 6) is 0.245. The van der Waals surface area contributed by atoms with Crippen LogP contribution in [0.2, 0.25) is 0 Å². The van der Waals surface area contributed by atoms with Crippen LogP contribution in [0.5, 0.6) is 5.75 Å². The second-order valence-electron chi connectivity index (χ2n) is 5.67. The zero-order valence-electron chi connectivity index (χ0n) is 14.1. The van der Waals surface area contributed by atoms with Gasteiger partial charge in [0, 0.05) is 18.7 Å². The van der Waals surface area contributed by atoms with Crippen molar-refractivity contribution in [3.05, 3.63) is 65.0 Å². The summed E-state index contributed by atoms with van der Waals surface area (Å²) < 4.78 is 19.0. The Labute approximate surface area is 146 Å². The maximum absolute atomic E-state index is 13.7. The first-order valence-electron chi connectivity index (χ1n) is 8.03. The van der Waals surface area contributed by atoms with Crippen molar-refractivity contribution in [2.24, 2.45) is 0 Å². The molecule has 0 spiro atoms. The summed E-state index contributed by atoms with van der Waals surface area (Å²) in [4.78, 5) is 12.8. The lowest BCUT2D eigenvalue weighted by Gasteiger charge is -2.21. The summed E-state index contributed by atoms with van der Waals surface area (Å²) in [6, 6.07) is 11.8. The van der Waals surface area contributed by atoms with E-state index in [0.717, 1.165) is 5.56 Å². The number of aliphatic hydroxyl groups excluding tert-OH is 1. The van der Waals surface area contributed by atoms with Gasteiger partial charge in [-0.2, -0.15) is 0 Å². The Bertz CT molecular complexity index is 720. The summed E-state index contributed by atoms with van der Waals surface area (Å²) >= 11 is 0. The topological polar surface area (TPSA) is 70.0 Å². The number of hydrogen-bond acceptors (Lipinski definition) is 3. The Kier molecular flexibility index (Phi) is 6.77. The Hall–Kier alpha value is -2.60. The van der Waals surface area contributed by atoms with Gasteiger partial charge in [0.05, 0.1) is 13.7 Å². The van der Waals surface area contributed by atoms with Crippen molar-refractivity contribution in [1.82, 2.24) is 4.90 Å². The monoisotopic (exact) mass is 347 g/mol. The Morgan fingerprint density at radius 2 is 1.92 bits per heavy atom. The predicted molar refractivity (Wildman–Crippen MR) is 92.3 cm³/mol. The summed E-state index contributed by atoms with van der Waals surface area (Å²) in [5.41, 5.74) is 2.09. The lowest BCUT2D eigenvalue weighted by atomic mass is 10.1. The molecule has 0 bridgehead atoms. The van der Waals surface area contributed by atoms with Crippen molar-refractivity contribution in [3.63, 3.8) is 0 Å².